The van der Waals surface area contributed by atoms with Gasteiger partial charge in [0.25, 0.3) is 0 Å². The molecule has 2 heteroatoms. The highest BCUT2D eigenvalue weighted by Crippen LogP contribution is 2.23. The molecule has 0 spiro atoms. The molecule has 1 unspecified atom stereocenters. The standard InChI is InChI=1S/C9H14NS/c1-8(11-3)9-4-6-10(2)7-5-9/h4-8H,1-3H3/q+1. The molecule has 1 atom stereocenters. The van der Waals surface area contributed by atoms with Gasteiger partial charge in [-0.3, -0.25) is 0 Å². The number of hydrogen-bond acceptors (Lipinski definition) is 1. The monoisotopic (exact) mass is 168 g/mol. The van der Waals surface area contributed by atoms with Gasteiger partial charge in [-0.25, -0.2) is 4.57 Å². The SMILES string of the molecule is CSC(C)c1cc[n+](C)cc1. The molecule has 1 heterocycles. The summed E-state index contributed by atoms with van der Waals surface area (Å²) in [5, 5.41) is 0.608. The van der Waals surface area contributed by atoms with Crippen molar-refractivity contribution in [3.63, 3.8) is 0 Å². The van der Waals surface area contributed by atoms with Crippen LogP contribution < -0.4 is 4.57 Å². The Morgan fingerprint density at radius 2 is 1.91 bits per heavy atom. The number of pyridine rings is 1. The fraction of sp³-hybridized carbons (Fsp3) is 0.444. The third kappa shape index (κ3) is 2.22. The van der Waals surface area contributed by atoms with Gasteiger partial charge in [0.2, 0.25) is 0 Å². The van der Waals surface area contributed by atoms with Crippen LogP contribution in [0.15, 0.2) is 24.5 Å². The van der Waals surface area contributed by atoms with Crippen molar-refractivity contribution in [2.45, 2.75) is 12.2 Å². The van der Waals surface area contributed by atoms with Crippen LogP contribution in [-0.4, -0.2) is 6.26 Å². The van der Waals surface area contributed by atoms with Gasteiger partial charge in [-0.15, -0.1) is 0 Å². The fourth-order valence-corrected chi connectivity index (χ4v) is 1.35. The summed E-state index contributed by atoms with van der Waals surface area (Å²) in [5.41, 5.74) is 1.40. The van der Waals surface area contributed by atoms with Gasteiger partial charge in [0.15, 0.2) is 12.4 Å². The third-order valence-electron chi connectivity index (χ3n) is 1.83. The first-order valence-electron chi connectivity index (χ1n) is 3.72. The van der Waals surface area contributed by atoms with Gasteiger partial charge in [0.1, 0.15) is 7.05 Å². The highest BCUT2D eigenvalue weighted by Gasteiger charge is 2.03. The molecular weight excluding hydrogens is 154 g/mol. The van der Waals surface area contributed by atoms with Crippen LogP contribution in [0.1, 0.15) is 17.7 Å². The Morgan fingerprint density at radius 1 is 1.36 bits per heavy atom. The van der Waals surface area contributed by atoms with Gasteiger partial charge < -0.3 is 0 Å². The summed E-state index contributed by atoms with van der Waals surface area (Å²) in [4.78, 5) is 0. The Balaban J connectivity index is 2.81. The molecule has 0 aliphatic heterocycles. The molecule has 0 bridgehead atoms. The molecule has 0 radical (unpaired) electrons. The maximum atomic E-state index is 2.22. The predicted molar refractivity (Wildman–Crippen MR) is 49.5 cm³/mol. The molecule has 0 saturated heterocycles. The summed E-state index contributed by atoms with van der Waals surface area (Å²) in [5.74, 6) is 0. The summed E-state index contributed by atoms with van der Waals surface area (Å²) in [6, 6.07) is 4.34. The van der Waals surface area contributed by atoms with Gasteiger partial charge in [-0.2, -0.15) is 11.8 Å². The lowest BCUT2D eigenvalue weighted by Gasteiger charge is -2.05. The molecule has 11 heavy (non-hydrogen) atoms. The average Bonchev–Trinajstić information content (AvgIpc) is 2.05. The maximum absolute atomic E-state index is 2.22. The van der Waals surface area contributed by atoms with Crippen LogP contribution in [0.2, 0.25) is 0 Å². The molecule has 1 aromatic rings. The zero-order chi connectivity index (χ0) is 8.27. The molecule has 1 rings (SSSR count). The van der Waals surface area contributed by atoms with Gasteiger partial charge in [0, 0.05) is 17.4 Å². The molecule has 0 N–H and O–H groups in total. The van der Waals surface area contributed by atoms with Gasteiger partial charge in [-0.1, -0.05) is 0 Å². The topological polar surface area (TPSA) is 3.88 Å². The van der Waals surface area contributed by atoms with E-state index in [-0.39, 0.29) is 0 Å². The molecule has 0 aromatic carbocycles. The van der Waals surface area contributed by atoms with Crippen molar-refractivity contribution in [2.24, 2.45) is 7.05 Å². The van der Waals surface area contributed by atoms with Crippen molar-refractivity contribution >= 4 is 11.8 Å². The van der Waals surface area contributed by atoms with E-state index >= 15 is 0 Å². The second kappa shape index (κ2) is 3.77. The highest BCUT2D eigenvalue weighted by atomic mass is 32.2. The normalized spacial score (nSPS) is 13.0. The first kappa shape index (κ1) is 8.60. The molecule has 1 aromatic heterocycles. The Hall–Kier alpha value is -0.500. The lowest BCUT2D eigenvalue weighted by atomic mass is 10.2. The second-order valence-corrected chi connectivity index (χ2v) is 3.85. The molecule has 0 amide bonds. The summed E-state index contributed by atoms with van der Waals surface area (Å²) in [6.07, 6.45) is 6.31. The number of hydrogen-bond donors (Lipinski definition) is 0. The van der Waals surface area contributed by atoms with Crippen LogP contribution in [0.4, 0.5) is 0 Å². The van der Waals surface area contributed by atoms with Crippen molar-refractivity contribution in [1.82, 2.24) is 0 Å². The van der Waals surface area contributed by atoms with Crippen LogP contribution in [-0.2, 0) is 7.05 Å². The third-order valence-corrected chi connectivity index (χ3v) is 2.81. The van der Waals surface area contributed by atoms with E-state index in [1.54, 1.807) is 0 Å². The fourth-order valence-electron chi connectivity index (χ4n) is 0.920. The summed E-state index contributed by atoms with van der Waals surface area (Å²) >= 11 is 1.87. The smallest absolute Gasteiger partial charge is 0.168 e. The highest BCUT2D eigenvalue weighted by molar-refractivity contribution is 7.98. The van der Waals surface area contributed by atoms with Crippen molar-refractivity contribution in [3.8, 4) is 0 Å². The van der Waals surface area contributed by atoms with Gasteiger partial charge >= 0.3 is 0 Å². The van der Waals surface area contributed by atoms with Crippen LogP contribution in [0.25, 0.3) is 0 Å². The second-order valence-electron chi connectivity index (χ2n) is 2.67. The van der Waals surface area contributed by atoms with E-state index in [1.807, 2.05) is 18.8 Å². The zero-order valence-corrected chi connectivity index (χ0v) is 8.06. The van der Waals surface area contributed by atoms with Crippen molar-refractivity contribution in [2.75, 3.05) is 6.26 Å². The molecular formula is C9H14NS+. The van der Waals surface area contributed by atoms with E-state index < -0.39 is 0 Å². The number of nitrogens with zero attached hydrogens (tertiary/aromatic N) is 1. The summed E-state index contributed by atoms with van der Waals surface area (Å²) in [7, 11) is 2.04. The first-order valence-corrected chi connectivity index (χ1v) is 5.01. The number of rotatable bonds is 2. The lowest BCUT2D eigenvalue weighted by molar-refractivity contribution is -0.671. The first-order chi connectivity index (χ1) is 5.24. The van der Waals surface area contributed by atoms with E-state index in [4.69, 9.17) is 0 Å². The molecule has 0 aliphatic rings. The molecule has 0 fully saturated rings. The lowest BCUT2D eigenvalue weighted by Crippen LogP contribution is -2.26. The van der Waals surface area contributed by atoms with Crippen LogP contribution >= 0.6 is 11.8 Å². The van der Waals surface area contributed by atoms with E-state index in [2.05, 4.69) is 42.3 Å². The zero-order valence-electron chi connectivity index (χ0n) is 7.24. The van der Waals surface area contributed by atoms with Crippen molar-refractivity contribution in [3.05, 3.63) is 30.1 Å². The van der Waals surface area contributed by atoms with E-state index in [1.165, 1.54) is 5.56 Å². The van der Waals surface area contributed by atoms with Crippen molar-refractivity contribution < 1.29 is 4.57 Å². The Morgan fingerprint density at radius 3 is 2.36 bits per heavy atom. The van der Waals surface area contributed by atoms with Gasteiger partial charge in [0.05, 0.1) is 0 Å². The average molecular weight is 168 g/mol. The Labute approximate surface area is 72.4 Å². The molecule has 0 aliphatic carbocycles. The molecule has 60 valence electrons. The van der Waals surface area contributed by atoms with E-state index in [0.29, 0.717) is 5.25 Å². The maximum Gasteiger partial charge on any atom is 0.168 e. The minimum Gasteiger partial charge on any atom is -0.208 e. The van der Waals surface area contributed by atoms with Gasteiger partial charge in [-0.05, 0) is 18.7 Å². The minimum atomic E-state index is 0.608. The quantitative estimate of drug-likeness (QED) is 0.610. The van der Waals surface area contributed by atoms with Crippen molar-refractivity contribution in [1.29, 1.82) is 0 Å². The predicted octanol–water partition coefficient (Wildman–Crippen LogP) is 1.94. The van der Waals surface area contributed by atoms with Crippen LogP contribution in [0, 0.1) is 0 Å². The number of thioether (sulfide) groups is 1. The Bertz CT molecular complexity index is 218. The van der Waals surface area contributed by atoms with Crippen LogP contribution in [0.5, 0.6) is 0 Å². The Kier molecular flexibility index (Phi) is 2.94. The molecule has 0 saturated carbocycles. The summed E-state index contributed by atoms with van der Waals surface area (Å²) < 4.78 is 2.05. The van der Waals surface area contributed by atoms with E-state index in [0.717, 1.165) is 0 Å². The number of aryl methyl sites for hydroxylation is 1. The molecule has 1 nitrogen and oxygen atoms in total. The summed E-state index contributed by atoms with van der Waals surface area (Å²) in [6.45, 7) is 2.22. The largest absolute Gasteiger partial charge is 0.208 e. The van der Waals surface area contributed by atoms with E-state index in [9.17, 15) is 0 Å². The number of aromatic nitrogens is 1. The minimum absolute atomic E-state index is 0.608. The van der Waals surface area contributed by atoms with Crippen LogP contribution in [0.3, 0.4) is 0 Å².